The normalized spacial score (nSPS) is 9.90. The van der Waals surface area contributed by atoms with Crippen molar-refractivity contribution in [2.75, 3.05) is 12.4 Å². The first-order valence-corrected chi connectivity index (χ1v) is 5.90. The maximum Gasteiger partial charge on any atom is 0.143 e. The molecule has 0 amide bonds. The van der Waals surface area contributed by atoms with Crippen molar-refractivity contribution in [1.29, 1.82) is 5.26 Å². The summed E-state index contributed by atoms with van der Waals surface area (Å²) in [5.41, 5.74) is 0.970. The van der Waals surface area contributed by atoms with Gasteiger partial charge in [-0.15, -0.1) is 0 Å². The molecule has 0 fully saturated rings. The number of anilines is 1. The molecule has 0 radical (unpaired) electrons. The van der Waals surface area contributed by atoms with E-state index in [2.05, 4.69) is 5.32 Å². The Morgan fingerprint density at radius 1 is 1.20 bits per heavy atom. The predicted octanol–water partition coefficient (Wildman–Crippen LogP) is 3.46. The van der Waals surface area contributed by atoms with Crippen molar-refractivity contribution in [3.8, 4) is 11.8 Å². The minimum atomic E-state index is -0.606. The highest BCUT2D eigenvalue weighted by Gasteiger charge is 2.10. The fourth-order valence-corrected chi connectivity index (χ4v) is 1.79. The van der Waals surface area contributed by atoms with Gasteiger partial charge in [0.15, 0.2) is 0 Å². The van der Waals surface area contributed by atoms with E-state index >= 15 is 0 Å². The van der Waals surface area contributed by atoms with Crippen LogP contribution in [0.3, 0.4) is 0 Å². The number of hydrogen-bond acceptors (Lipinski definition) is 3. The second-order valence-corrected chi connectivity index (χ2v) is 4.08. The number of methoxy groups -OCH3 is 1. The number of rotatable bonds is 4. The van der Waals surface area contributed by atoms with E-state index in [0.717, 1.165) is 0 Å². The first-order chi connectivity index (χ1) is 9.65. The highest BCUT2D eigenvalue weighted by Crippen LogP contribution is 2.26. The first-order valence-electron chi connectivity index (χ1n) is 5.90. The summed E-state index contributed by atoms with van der Waals surface area (Å²) < 4.78 is 32.1. The molecular weight excluding hydrogens is 262 g/mol. The van der Waals surface area contributed by atoms with Crippen LogP contribution in [0.4, 0.5) is 14.5 Å². The molecule has 20 heavy (non-hydrogen) atoms. The van der Waals surface area contributed by atoms with Gasteiger partial charge in [-0.3, -0.25) is 0 Å². The van der Waals surface area contributed by atoms with Crippen LogP contribution in [-0.4, -0.2) is 7.11 Å². The van der Waals surface area contributed by atoms with Crippen LogP contribution in [0.25, 0.3) is 0 Å². The maximum absolute atomic E-state index is 13.5. The Morgan fingerprint density at radius 3 is 2.50 bits per heavy atom. The summed E-state index contributed by atoms with van der Waals surface area (Å²) in [4.78, 5) is 0. The van der Waals surface area contributed by atoms with Crippen LogP contribution in [-0.2, 0) is 6.54 Å². The number of halogens is 2. The Bertz CT molecular complexity index is 645. The van der Waals surface area contributed by atoms with Crippen LogP contribution in [0.1, 0.15) is 11.1 Å². The monoisotopic (exact) mass is 274 g/mol. The fraction of sp³-hybridized carbons (Fsp3) is 0.133. The van der Waals surface area contributed by atoms with Gasteiger partial charge < -0.3 is 10.1 Å². The third-order valence-electron chi connectivity index (χ3n) is 2.85. The molecular formula is C15H12F2N2O. The summed E-state index contributed by atoms with van der Waals surface area (Å²) in [5, 5.41) is 11.7. The van der Waals surface area contributed by atoms with Gasteiger partial charge in [-0.05, 0) is 24.3 Å². The number of benzene rings is 2. The first kappa shape index (κ1) is 13.8. The lowest BCUT2D eigenvalue weighted by Gasteiger charge is -2.12. The SMILES string of the molecule is COc1cc(C#N)ccc1NCc1c(F)cccc1F. The zero-order chi connectivity index (χ0) is 14.5. The maximum atomic E-state index is 13.5. The third kappa shape index (κ3) is 2.86. The molecule has 102 valence electrons. The second-order valence-electron chi connectivity index (χ2n) is 4.08. The molecule has 0 atom stereocenters. The van der Waals surface area contributed by atoms with Gasteiger partial charge in [-0.25, -0.2) is 8.78 Å². The molecule has 0 aromatic heterocycles. The van der Waals surface area contributed by atoms with Gasteiger partial charge in [-0.1, -0.05) is 6.07 Å². The minimum Gasteiger partial charge on any atom is -0.495 e. The summed E-state index contributed by atoms with van der Waals surface area (Å²) in [5.74, 6) is -0.768. The lowest BCUT2D eigenvalue weighted by molar-refractivity contribution is 0.416. The van der Waals surface area contributed by atoms with E-state index in [0.29, 0.717) is 17.0 Å². The average molecular weight is 274 g/mol. The van der Waals surface area contributed by atoms with E-state index < -0.39 is 11.6 Å². The van der Waals surface area contributed by atoms with Gasteiger partial charge in [-0.2, -0.15) is 5.26 Å². The van der Waals surface area contributed by atoms with Gasteiger partial charge in [0.1, 0.15) is 17.4 Å². The van der Waals surface area contributed by atoms with E-state index in [9.17, 15) is 8.78 Å². The largest absolute Gasteiger partial charge is 0.495 e. The standard InChI is InChI=1S/C15H12F2N2O/c1-20-15-7-10(8-18)5-6-14(15)19-9-11-12(16)3-2-4-13(11)17/h2-7,19H,9H2,1H3. The van der Waals surface area contributed by atoms with E-state index in [1.165, 1.54) is 25.3 Å². The highest BCUT2D eigenvalue weighted by atomic mass is 19.1. The van der Waals surface area contributed by atoms with E-state index in [1.807, 2.05) is 6.07 Å². The van der Waals surface area contributed by atoms with Gasteiger partial charge in [0.2, 0.25) is 0 Å². The molecule has 3 nitrogen and oxygen atoms in total. The molecule has 2 aromatic carbocycles. The fourth-order valence-electron chi connectivity index (χ4n) is 1.79. The molecule has 0 saturated carbocycles. The van der Waals surface area contributed by atoms with Crippen molar-refractivity contribution in [2.45, 2.75) is 6.54 Å². The number of nitrogens with one attached hydrogen (secondary N) is 1. The molecule has 0 heterocycles. The molecule has 2 aromatic rings. The molecule has 2 rings (SSSR count). The van der Waals surface area contributed by atoms with Crippen LogP contribution in [0, 0.1) is 23.0 Å². The summed E-state index contributed by atoms with van der Waals surface area (Å²) in [7, 11) is 1.46. The van der Waals surface area contributed by atoms with E-state index in [1.54, 1.807) is 18.2 Å². The Morgan fingerprint density at radius 2 is 1.90 bits per heavy atom. The topological polar surface area (TPSA) is 45.0 Å². The number of hydrogen-bond donors (Lipinski definition) is 1. The molecule has 0 aliphatic carbocycles. The van der Waals surface area contributed by atoms with Gasteiger partial charge in [0.25, 0.3) is 0 Å². The Labute approximate surface area is 115 Å². The smallest absolute Gasteiger partial charge is 0.143 e. The van der Waals surface area contributed by atoms with Crippen molar-refractivity contribution >= 4 is 5.69 Å². The molecule has 0 spiro atoms. The van der Waals surface area contributed by atoms with E-state index in [-0.39, 0.29) is 12.1 Å². The lowest BCUT2D eigenvalue weighted by Crippen LogP contribution is -2.05. The quantitative estimate of drug-likeness (QED) is 0.928. The minimum absolute atomic E-state index is 0.0131. The Balaban J connectivity index is 2.21. The molecule has 1 N–H and O–H groups in total. The zero-order valence-electron chi connectivity index (χ0n) is 10.8. The summed E-state index contributed by atoms with van der Waals surface area (Å²) in [6.07, 6.45) is 0. The lowest BCUT2D eigenvalue weighted by atomic mass is 10.1. The van der Waals surface area contributed by atoms with Crippen LogP contribution in [0.5, 0.6) is 5.75 Å². The molecule has 0 saturated heterocycles. The van der Waals surface area contributed by atoms with E-state index in [4.69, 9.17) is 10.00 Å². The van der Waals surface area contributed by atoms with Crippen molar-refractivity contribution < 1.29 is 13.5 Å². The molecule has 5 heteroatoms. The van der Waals surface area contributed by atoms with Crippen molar-refractivity contribution in [1.82, 2.24) is 0 Å². The van der Waals surface area contributed by atoms with Gasteiger partial charge >= 0.3 is 0 Å². The number of nitrogens with zero attached hydrogens (tertiary/aromatic N) is 1. The van der Waals surface area contributed by atoms with Crippen LogP contribution in [0.2, 0.25) is 0 Å². The summed E-state index contributed by atoms with van der Waals surface area (Å²) in [6.45, 7) is -0.0131. The van der Waals surface area contributed by atoms with Gasteiger partial charge in [0.05, 0.1) is 24.4 Å². The second kappa shape index (κ2) is 6.02. The predicted molar refractivity (Wildman–Crippen MR) is 71.4 cm³/mol. The van der Waals surface area contributed by atoms with Crippen molar-refractivity contribution in [3.05, 3.63) is 59.2 Å². The van der Waals surface area contributed by atoms with Crippen LogP contribution >= 0.6 is 0 Å². The van der Waals surface area contributed by atoms with Crippen molar-refractivity contribution in [2.24, 2.45) is 0 Å². The zero-order valence-corrected chi connectivity index (χ0v) is 10.8. The van der Waals surface area contributed by atoms with Gasteiger partial charge in [0, 0.05) is 18.2 Å². The average Bonchev–Trinajstić information content (AvgIpc) is 2.46. The molecule has 0 aliphatic rings. The van der Waals surface area contributed by atoms with Crippen LogP contribution in [0.15, 0.2) is 36.4 Å². The Kier molecular flexibility index (Phi) is 4.16. The third-order valence-corrected chi connectivity index (χ3v) is 2.85. The van der Waals surface area contributed by atoms with Crippen LogP contribution < -0.4 is 10.1 Å². The Hall–Kier alpha value is -2.61. The number of ether oxygens (including phenoxy) is 1. The van der Waals surface area contributed by atoms with Crippen molar-refractivity contribution in [3.63, 3.8) is 0 Å². The molecule has 0 unspecified atom stereocenters. The summed E-state index contributed by atoms with van der Waals surface area (Å²) >= 11 is 0. The number of nitriles is 1. The molecule has 0 bridgehead atoms. The highest BCUT2D eigenvalue weighted by molar-refractivity contribution is 5.59. The molecule has 0 aliphatic heterocycles. The summed E-state index contributed by atoms with van der Waals surface area (Å²) in [6, 6.07) is 10.5.